The zero-order chi connectivity index (χ0) is 40.0. The van der Waals surface area contributed by atoms with Crippen molar-refractivity contribution in [2.75, 3.05) is 0 Å². The first kappa shape index (κ1) is 36.7. The lowest BCUT2D eigenvalue weighted by Gasteiger charge is -2.14. The predicted molar refractivity (Wildman–Crippen MR) is 251 cm³/mol. The zero-order valence-corrected chi connectivity index (χ0v) is 34.9. The molecule has 4 heterocycles. The van der Waals surface area contributed by atoms with Gasteiger partial charge in [0, 0.05) is 33.3 Å². The van der Waals surface area contributed by atoms with Gasteiger partial charge < -0.3 is 4.74 Å². The van der Waals surface area contributed by atoms with E-state index in [2.05, 4.69) is 185 Å². The fraction of sp³-hybridized carbons (Fsp3) is 0.0741. The van der Waals surface area contributed by atoms with Crippen molar-refractivity contribution >= 4 is 42.8 Å². The number of benzene rings is 6. The largest absolute Gasteiger partial charge is 0.457 e. The Morgan fingerprint density at radius 2 is 0.763 bits per heavy atom. The highest BCUT2D eigenvalue weighted by Gasteiger charge is 2.18. The van der Waals surface area contributed by atoms with Gasteiger partial charge >= 0.3 is 0 Å². The minimum Gasteiger partial charge on any atom is -0.457 e. The van der Waals surface area contributed by atoms with E-state index >= 15 is 0 Å². The van der Waals surface area contributed by atoms with Crippen molar-refractivity contribution in [2.24, 2.45) is 0 Å². The SMILES string of the molecule is Cc1cccc(C)c1-c1cc2ccnc(-c3cc(Oc4cc(-c5ccccc5)cc(-c5nccc6cc(-c7c(C)cccc7C)sc56)c4)cc(-c4ccccc4)c3)c2s1. The van der Waals surface area contributed by atoms with E-state index in [1.54, 1.807) is 22.7 Å². The predicted octanol–water partition coefficient (Wildman–Crippen LogP) is 15.9. The fourth-order valence-corrected chi connectivity index (χ4v) is 11.0. The summed E-state index contributed by atoms with van der Waals surface area (Å²) in [6.07, 6.45) is 3.85. The lowest BCUT2D eigenvalue weighted by atomic mass is 9.99. The number of aromatic nitrogens is 2. The van der Waals surface area contributed by atoms with Crippen LogP contribution in [-0.4, -0.2) is 9.97 Å². The molecule has 0 amide bonds. The van der Waals surface area contributed by atoms with Gasteiger partial charge in [-0.3, -0.25) is 9.97 Å². The van der Waals surface area contributed by atoms with Crippen LogP contribution in [0.5, 0.6) is 11.5 Å². The maximum absolute atomic E-state index is 7.01. The molecule has 0 saturated carbocycles. The van der Waals surface area contributed by atoms with Gasteiger partial charge in [0.1, 0.15) is 11.5 Å². The molecule has 0 aliphatic rings. The van der Waals surface area contributed by atoms with Crippen molar-refractivity contribution in [3.8, 4) is 77.1 Å². The smallest absolute Gasteiger partial charge is 0.128 e. The summed E-state index contributed by atoms with van der Waals surface area (Å²) >= 11 is 3.61. The first-order valence-corrected chi connectivity index (χ1v) is 21.5. The molecule has 10 rings (SSSR count). The Labute approximate surface area is 352 Å². The van der Waals surface area contributed by atoms with Crippen molar-refractivity contribution < 1.29 is 4.74 Å². The molecule has 0 radical (unpaired) electrons. The van der Waals surface area contributed by atoms with Crippen LogP contribution in [0.3, 0.4) is 0 Å². The second kappa shape index (κ2) is 15.3. The maximum Gasteiger partial charge on any atom is 0.128 e. The highest BCUT2D eigenvalue weighted by molar-refractivity contribution is 7.23. The molecule has 0 bridgehead atoms. The van der Waals surface area contributed by atoms with E-state index in [0.717, 1.165) is 65.7 Å². The van der Waals surface area contributed by atoms with E-state index in [-0.39, 0.29) is 0 Å². The number of thiophene rings is 2. The summed E-state index contributed by atoms with van der Waals surface area (Å²) in [5, 5.41) is 2.36. The maximum atomic E-state index is 7.01. The van der Waals surface area contributed by atoms with Crippen LogP contribution in [-0.2, 0) is 0 Å². The van der Waals surface area contributed by atoms with Gasteiger partial charge in [-0.2, -0.15) is 0 Å². The van der Waals surface area contributed by atoms with Gasteiger partial charge in [-0.05, 0) is 155 Å². The summed E-state index contributed by atoms with van der Waals surface area (Å²) in [4.78, 5) is 12.6. The summed E-state index contributed by atoms with van der Waals surface area (Å²) in [5.41, 5.74) is 15.9. The van der Waals surface area contributed by atoms with E-state index < -0.39 is 0 Å². The Morgan fingerprint density at radius 3 is 1.17 bits per heavy atom. The van der Waals surface area contributed by atoms with Crippen molar-refractivity contribution in [3.05, 3.63) is 192 Å². The molecule has 3 nitrogen and oxygen atoms in total. The first-order chi connectivity index (χ1) is 28.9. The summed E-state index contributed by atoms with van der Waals surface area (Å²) in [6, 6.07) is 55.9. The number of hydrogen-bond acceptors (Lipinski definition) is 5. The van der Waals surface area contributed by atoms with E-state index in [9.17, 15) is 0 Å². The number of pyridine rings is 2. The second-order valence-electron chi connectivity index (χ2n) is 15.2. The van der Waals surface area contributed by atoms with Crippen LogP contribution in [0.25, 0.3) is 85.8 Å². The van der Waals surface area contributed by atoms with Crippen LogP contribution in [0.4, 0.5) is 0 Å². The van der Waals surface area contributed by atoms with Crippen LogP contribution in [0.1, 0.15) is 22.3 Å². The molecule has 0 aliphatic heterocycles. The van der Waals surface area contributed by atoms with Gasteiger partial charge in [0.05, 0.1) is 20.8 Å². The number of nitrogens with zero attached hydrogens (tertiary/aromatic N) is 2. The topological polar surface area (TPSA) is 35.0 Å². The molecular formula is C54H40N2OS2. The Bertz CT molecular complexity index is 2920. The van der Waals surface area contributed by atoms with Gasteiger partial charge in [0.25, 0.3) is 0 Å². The zero-order valence-electron chi connectivity index (χ0n) is 33.3. The van der Waals surface area contributed by atoms with Gasteiger partial charge in [-0.1, -0.05) is 97.1 Å². The molecular weight excluding hydrogens is 757 g/mol. The average molecular weight is 797 g/mol. The quantitative estimate of drug-likeness (QED) is 0.154. The lowest BCUT2D eigenvalue weighted by molar-refractivity contribution is 0.483. The minimum atomic E-state index is 0.738. The molecule has 59 heavy (non-hydrogen) atoms. The number of ether oxygens (including phenoxy) is 1. The van der Waals surface area contributed by atoms with Gasteiger partial charge in [-0.15, -0.1) is 22.7 Å². The van der Waals surface area contributed by atoms with E-state index in [0.29, 0.717) is 0 Å². The molecule has 0 unspecified atom stereocenters. The van der Waals surface area contributed by atoms with Crippen LogP contribution in [0.2, 0.25) is 0 Å². The molecule has 10 aromatic rings. The monoisotopic (exact) mass is 796 g/mol. The van der Waals surface area contributed by atoms with Crippen LogP contribution in [0, 0.1) is 27.7 Å². The van der Waals surface area contributed by atoms with Gasteiger partial charge in [0.15, 0.2) is 0 Å². The molecule has 6 aromatic carbocycles. The van der Waals surface area contributed by atoms with Crippen molar-refractivity contribution in [3.63, 3.8) is 0 Å². The van der Waals surface area contributed by atoms with Gasteiger partial charge in [0.2, 0.25) is 0 Å². The standard InChI is InChI=1S/C54H40N2OS2/c1-33-13-11-14-34(2)49(33)47-31-39-21-23-55-51(53(39)58-47)43-25-41(37-17-7-5-8-18-37)27-45(29-43)57-46-28-42(38-19-9-6-10-20-38)26-44(30-46)52-54-40(22-24-56-52)32-48(59-54)50-35(3)15-12-16-36(50)4/h5-32H,1-4H3. The van der Waals surface area contributed by atoms with Crippen LogP contribution < -0.4 is 4.74 Å². The van der Waals surface area contributed by atoms with Crippen molar-refractivity contribution in [2.45, 2.75) is 27.7 Å². The molecule has 284 valence electrons. The second-order valence-corrected chi connectivity index (χ2v) is 17.3. The molecule has 0 spiro atoms. The molecule has 0 N–H and O–H groups in total. The number of aryl methyl sites for hydroxylation is 4. The molecule has 0 fully saturated rings. The lowest BCUT2D eigenvalue weighted by Crippen LogP contribution is -1.92. The first-order valence-electron chi connectivity index (χ1n) is 19.9. The minimum absolute atomic E-state index is 0.738. The van der Waals surface area contributed by atoms with Crippen LogP contribution in [0.15, 0.2) is 170 Å². The number of fused-ring (bicyclic) bond motifs is 2. The highest BCUT2D eigenvalue weighted by atomic mass is 32.1. The third kappa shape index (κ3) is 7.03. The Balaban J connectivity index is 1.12. The van der Waals surface area contributed by atoms with Gasteiger partial charge in [-0.25, -0.2) is 0 Å². The molecule has 5 heteroatoms. The van der Waals surface area contributed by atoms with E-state index in [4.69, 9.17) is 14.7 Å². The van der Waals surface area contributed by atoms with E-state index in [1.807, 2.05) is 12.4 Å². The molecule has 0 aliphatic carbocycles. The molecule has 0 saturated heterocycles. The Hall–Kier alpha value is -6.66. The molecule has 0 atom stereocenters. The van der Waals surface area contributed by atoms with E-state index in [1.165, 1.54) is 53.9 Å². The Kier molecular flexibility index (Phi) is 9.48. The molecule has 4 aromatic heterocycles. The summed E-state index contributed by atoms with van der Waals surface area (Å²) in [5.74, 6) is 1.48. The summed E-state index contributed by atoms with van der Waals surface area (Å²) < 4.78 is 9.33. The third-order valence-electron chi connectivity index (χ3n) is 11.1. The van der Waals surface area contributed by atoms with Crippen LogP contribution >= 0.6 is 22.7 Å². The normalized spacial score (nSPS) is 11.4. The Morgan fingerprint density at radius 1 is 0.373 bits per heavy atom. The average Bonchev–Trinajstić information content (AvgIpc) is 3.89. The van der Waals surface area contributed by atoms with Crippen molar-refractivity contribution in [1.29, 1.82) is 0 Å². The third-order valence-corrected chi connectivity index (χ3v) is 13.5. The summed E-state index contributed by atoms with van der Waals surface area (Å²) in [6.45, 7) is 8.77. The number of rotatable bonds is 8. The highest BCUT2D eigenvalue weighted by Crippen LogP contribution is 2.45. The summed E-state index contributed by atoms with van der Waals surface area (Å²) in [7, 11) is 0. The number of hydrogen-bond donors (Lipinski definition) is 0. The fourth-order valence-electron chi connectivity index (χ4n) is 8.31. The van der Waals surface area contributed by atoms with Crippen molar-refractivity contribution in [1.82, 2.24) is 9.97 Å².